The zero-order valence-corrected chi connectivity index (χ0v) is 18.3. The number of ether oxygens (including phenoxy) is 2. The van der Waals surface area contributed by atoms with Crippen molar-refractivity contribution in [3.8, 4) is 5.75 Å². The van der Waals surface area contributed by atoms with Crippen LogP contribution in [0.3, 0.4) is 0 Å². The zero-order chi connectivity index (χ0) is 21.9. The summed E-state index contributed by atoms with van der Waals surface area (Å²) in [6.45, 7) is 0.136. The fourth-order valence-electron chi connectivity index (χ4n) is 3.09. The predicted octanol–water partition coefficient (Wildman–Crippen LogP) is 2.51. The van der Waals surface area contributed by atoms with Gasteiger partial charge >= 0.3 is 5.97 Å². The van der Waals surface area contributed by atoms with E-state index in [0.717, 1.165) is 15.4 Å². The number of para-hydroxylation sites is 1. The van der Waals surface area contributed by atoms with Gasteiger partial charge in [-0.2, -0.15) is 0 Å². The lowest BCUT2D eigenvalue weighted by Crippen LogP contribution is -2.22. The second-order valence-electron chi connectivity index (χ2n) is 7.00. The molecular formula is C21H25N3O5S. The van der Waals surface area contributed by atoms with Crippen molar-refractivity contribution in [1.82, 2.24) is 13.9 Å². The quantitative estimate of drug-likeness (QED) is 0.509. The molecule has 0 amide bonds. The smallest absolute Gasteiger partial charge is 0.306 e. The Labute approximate surface area is 176 Å². The molecule has 0 fully saturated rings. The van der Waals surface area contributed by atoms with Gasteiger partial charge in [0.05, 0.1) is 29.5 Å². The van der Waals surface area contributed by atoms with E-state index in [-0.39, 0.29) is 23.9 Å². The summed E-state index contributed by atoms with van der Waals surface area (Å²) in [4.78, 5) is 16.9. The lowest BCUT2D eigenvalue weighted by Gasteiger charge is -2.10. The minimum absolute atomic E-state index is 0.136. The Morgan fingerprint density at radius 1 is 1.17 bits per heavy atom. The van der Waals surface area contributed by atoms with Gasteiger partial charge in [0.25, 0.3) is 0 Å². The fourth-order valence-corrected chi connectivity index (χ4v) is 4.01. The molecule has 0 aliphatic heterocycles. The number of esters is 1. The van der Waals surface area contributed by atoms with Gasteiger partial charge < -0.3 is 14.0 Å². The van der Waals surface area contributed by atoms with Gasteiger partial charge in [-0.05, 0) is 24.3 Å². The topological polar surface area (TPSA) is 90.7 Å². The Morgan fingerprint density at radius 3 is 2.60 bits per heavy atom. The third kappa shape index (κ3) is 4.47. The average molecular weight is 432 g/mol. The lowest BCUT2D eigenvalue weighted by atomic mass is 10.2. The number of benzene rings is 2. The van der Waals surface area contributed by atoms with E-state index in [4.69, 9.17) is 9.47 Å². The summed E-state index contributed by atoms with van der Waals surface area (Å²) in [6, 6.07) is 12.2. The van der Waals surface area contributed by atoms with Crippen molar-refractivity contribution in [3.63, 3.8) is 0 Å². The minimum Gasteiger partial charge on any atom is -0.496 e. The molecule has 160 valence electrons. The van der Waals surface area contributed by atoms with E-state index < -0.39 is 10.0 Å². The summed E-state index contributed by atoms with van der Waals surface area (Å²) in [5, 5.41) is 0. The Morgan fingerprint density at radius 2 is 1.90 bits per heavy atom. The molecule has 8 nitrogen and oxygen atoms in total. The second-order valence-corrected chi connectivity index (χ2v) is 9.15. The van der Waals surface area contributed by atoms with Crippen LogP contribution in [0.4, 0.5) is 0 Å². The van der Waals surface area contributed by atoms with Crippen molar-refractivity contribution in [2.75, 3.05) is 21.2 Å². The van der Waals surface area contributed by atoms with Gasteiger partial charge in [0.15, 0.2) is 0 Å². The highest BCUT2D eigenvalue weighted by Crippen LogP contribution is 2.22. The van der Waals surface area contributed by atoms with Crippen LogP contribution in [-0.4, -0.2) is 49.4 Å². The van der Waals surface area contributed by atoms with Gasteiger partial charge in [-0.25, -0.2) is 17.7 Å². The van der Waals surface area contributed by atoms with Crippen molar-refractivity contribution in [2.45, 2.75) is 24.3 Å². The second kappa shape index (κ2) is 8.85. The monoisotopic (exact) mass is 431 g/mol. The maximum atomic E-state index is 12.3. The van der Waals surface area contributed by atoms with E-state index >= 15 is 0 Å². The number of aromatic nitrogens is 2. The van der Waals surface area contributed by atoms with Crippen LogP contribution in [0.5, 0.6) is 5.75 Å². The molecule has 0 saturated heterocycles. The Hall–Kier alpha value is -2.91. The van der Waals surface area contributed by atoms with E-state index in [2.05, 4.69) is 4.98 Å². The van der Waals surface area contributed by atoms with Crippen LogP contribution in [0, 0.1) is 0 Å². The molecule has 0 spiro atoms. The fraction of sp³-hybridized carbons (Fsp3) is 0.333. The molecule has 0 aliphatic rings. The molecule has 0 radical (unpaired) electrons. The Kier molecular flexibility index (Phi) is 6.42. The first-order valence-electron chi connectivity index (χ1n) is 9.39. The van der Waals surface area contributed by atoms with E-state index in [0.29, 0.717) is 23.5 Å². The summed E-state index contributed by atoms with van der Waals surface area (Å²) in [5.41, 5.74) is 2.16. The molecule has 0 saturated carbocycles. The van der Waals surface area contributed by atoms with Crippen LogP contribution >= 0.6 is 0 Å². The highest BCUT2D eigenvalue weighted by molar-refractivity contribution is 7.89. The molecule has 9 heteroatoms. The Balaban J connectivity index is 1.68. The van der Waals surface area contributed by atoms with E-state index in [1.165, 1.54) is 14.1 Å². The Bertz CT molecular complexity index is 1170. The van der Waals surface area contributed by atoms with Crippen LogP contribution < -0.4 is 4.74 Å². The molecular weight excluding hydrogens is 406 g/mol. The van der Waals surface area contributed by atoms with E-state index in [1.807, 2.05) is 35.9 Å². The van der Waals surface area contributed by atoms with Gasteiger partial charge in [-0.1, -0.05) is 18.2 Å². The summed E-state index contributed by atoms with van der Waals surface area (Å²) in [7, 11) is 2.84. The highest BCUT2D eigenvalue weighted by Gasteiger charge is 2.19. The van der Waals surface area contributed by atoms with Crippen LogP contribution in [0.1, 0.15) is 17.8 Å². The summed E-state index contributed by atoms with van der Waals surface area (Å²) >= 11 is 0. The summed E-state index contributed by atoms with van der Waals surface area (Å²) in [5.74, 6) is 1.01. The average Bonchev–Trinajstić information content (AvgIpc) is 3.05. The van der Waals surface area contributed by atoms with Crippen LogP contribution in [-0.2, 0) is 39.6 Å². The molecule has 0 unspecified atom stereocenters. The molecule has 1 heterocycles. The number of hydrogen-bond acceptors (Lipinski definition) is 6. The van der Waals surface area contributed by atoms with Crippen molar-refractivity contribution >= 4 is 27.0 Å². The van der Waals surface area contributed by atoms with Gasteiger partial charge in [-0.3, -0.25) is 4.79 Å². The van der Waals surface area contributed by atoms with Crippen molar-refractivity contribution in [1.29, 1.82) is 0 Å². The van der Waals surface area contributed by atoms with E-state index in [1.54, 1.807) is 25.3 Å². The molecule has 0 bridgehead atoms. The molecule has 0 aliphatic carbocycles. The molecule has 0 N–H and O–H groups in total. The van der Waals surface area contributed by atoms with E-state index in [9.17, 15) is 13.2 Å². The minimum atomic E-state index is -3.54. The summed E-state index contributed by atoms with van der Waals surface area (Å²) < 4.78 is 38.3. The normalized spacial score (nSPS) is 11.8. The number of rotatable bonds is 8. The van der Waals surface area contributed by atoms with Crippen molar-refractivity contribution in [2.24, 2.45) is 7.05 Å². The van der Waals surface area contributed by atoms with Crippen molar-refractivity contribution in [3.05, 3.63) is 53.9 Å². The first-order chi connectivity index (χ1) is 14.2. The first kappa shape index (κ1) is 21.8. The molecule has 1 aromatic heterocycles. The maximum absolute atomic E-state index is 12.3. The zero-order valence-electron chi connectivity index (χ0n) is 17.5. The van der Waals surface area contributed by atoms with Crippen LogP contribution in [0.15, 0.2) is 47.4 Å². The SMILES string of the molecule is COc1ccccc1COC(=O)CCc1nc2cc(S(=O)(=O)N(C)C)ccc2n1C. The van der Waals surface area contributed by atoms with Crippen LogP contribution in [0.2, 0.25) is 0 Å². The third-order valence-corrected chi connectivity index (χ3v) is 6.67. The number of carbonyl (C=O) groups excluding carboxylic acids is 1. The standard InChI is InChI=1S/C21H25N3O5S/c1-23(2)30(26,27)16-9-10-18-17(13-16)22-20(24(18)3)11-12-21(25)29-14-15-7-5-6-8-19(15)28-4/h5-10,13H,11-12,14H2,1-4H3. The number of imidazole rings is 1. The molecule has 2 aromatic carbocycles. The number of aryl methyl sites for hydroxylation is 2. The molecule has 30 heavy (non-hydrogen) atoms. The van der Waals surface area contributed by atoms with Crippen molar-refractivity contribution < 1.29 is 22.7 Å². The number of methoxy groups -OCH3 is 1. The van der Waals surface area contributed by atoms with Crippen LogP contribution in [0.25, 0.3) is 11.0 Å². The number of carbonyl (C=O) groups is 1. The third-order valence-electron chi connectivity index (χ3n) is 4.86. The number of nitrogens with zero attached hydrogens (tertiary/aromatic N) is 3. The lowest BCUT2D eigenvalue weighted by molar-refractivity contribution is -0.145. The number of hydrogen-bond donors (Lipinski definition) is 0. The highest BCUT2D eigenvalue weighted by atomic mass is 32.2. The summed E-state index contributed by atoms with van der Waals surface area (Å²) in [6.07, 6.45) is 0.543. The maximum Gasteiger partial charge on any atom is 0.306 e. The molecule has 3 aromatic rings. The first-order valence-corrected chi connectivity index (χ1v) is 10.8. The molecule has 3 rings (SSSR count). The number of sulfonamides is 1. The number of fused-ring (bicyclic) bond motifs is 1. The van der Waals surface area contributed by atoms with Gasteiger partial charge in [0.2, 0.25) is 10.0 Å². The van der Waals surface area contributed by atoms with Gasteiger partial charge in [-0.15, -0.1) is 0 Å². The predicted molar refractivity (Wildman–Crippen MR) is 113 cm³/mol. The van der Waals surface area contributed by atoms with Gasteiger partial charge in [0, 0.05) is 33.1 Å². The van der Waals surface area contributed by atoms with Gasteiger partial charge in [0.1, 0.15) is 18.2 Å². The largest absolute Gasteiger partial charge is 0.496 e. The molecule has 0 atom stereocenters.